The largest absolute Gasteiger partial charge is 0.303 e. The van der Waals surface area contributed by atoms with Crippen LogP contribution in [0.4, 0.5) is 0 Å². The lowest BCUT2D eigenvalue weighted by atomic mass is 9.81. The van der Waals surface area contributed by atoms with Gasteiger partial charge in [-0.15, -0.1) is 0 Å². The van der Waals surface area contributed by atoms with Crippen LogP contribution in [0.25, 0.3) is 0 Å². The van der Waals surface area contributed by atoms with Gasteiger partial charge in [-0.05, 0) is 37.3 Å². The molecule has 0 aromatic carbocycles. The highest BCUT2D eigenvalue weighted by Gasteiger charge is 2.34. The first-order valence-corrected chi connectivity index (χ1v) is 7.36. The predicted molar refractivity (Wildman–Crippen MR) is 69.5 cm³/mol. The van der Waals surface area contributed by atoms with E-state index in [0.29, 0.717) is 10.2 Å². The van der Waals surface area contributed by atoms with Crippen LogP contribution in [-0.2, 0) is 0 Å². The highest BCUT2D eigenvalue weighted by Crippen LogP contribution is 2.35. The number of nitrogens with zero attached hydrogens (tertiary/aromatic N) is 1. The second kappa shape index (κ2) is 4.75. The summed E-state index contributed by atoms with van der Waals surface area (Å²) in [5, 5.41) is 0. The number of alkyl halides is 1. The maximum Gasteiger partial charge on any atom is 0.0221 e. The zero-order valence-electron chi connectivity index (χ0n) is 10.1. The Morgan fingerprint density at radius 1 is 1.27 bits per heavy atom. The molecule has 0 spiro atoms. The van der Waals surface area contributed by atoms with E-state index in [4.69, 9.17) is 0 Å². The van der Waals surface area contributed by atoms with Crippen molar-refractivity contribution in [3.05, 3.63) is 0 Å². The molecular weight excluding hydrogens is 250 g/mol. The summed E-state index contributed by atoms with van der Waals surface area (Å²) in [6, 6.07) is 0. The van der Waals surface area contributed by atoms with Crippen molar-refractivity contribution in [1.82, 2.24) is 4.90 Å². The maximum atomic E-state index is 3.82. The summed E-state index contributed by atoms with van der Waals surface area (Å²) >= 11 is 3.82. The summed E-state index contributed by atoms with van der Waals surface area (Å²) in [5.41, 5.74) is 0.456. The first kappa shape index (κ1) is 11.9. The Labute approximate surface area is 103 Å². The zero-order chi connectivity index (χ0) is 10.9. The van der Waals surface area contributed by atoms with Gasteiger partial charge < -0.3 is 4.90 Å². The summed E-state index contributed by atoms with van der Waals surface area (Å²) in [4.78, 5) is 3.39. The van der Waals surface area contributed by atoms with Gasteiger partial charge in [-0.3, -0.25) is 0 Å². The fourth-order valence-corrected chi connectivity index (χ4v) is 3.13. The van der Waals surface area contributed by atoms with Gasteiger partial charge in [0.1, 0.15) is 0 Å². The fourth-order valence-electron chi connectivity index (χ4n) is 2.78. The van der Waals surface area contributed by atoms with Crippen molar-refractivity contribution < 1.29 is 0 Å². The van der Waals surface area contributed by atoms with Crippen molar-refractivity contribution >= 4 is 15.9 Å². The Kier molecular flexibility index (Phi) is 3.77. The van der Waals surface area contributed by atoms with Gasteiger partial charge in [0.25, 0.3) is 0 Å². The van der Waals surface area contributed by atoms with Gasteiger partial charge in [0.2, 0.25) is 0 Å². The lowest BCUT2D eigenvalue weighted by Gasteiger charge is -2.42. The van der Waals surface area contributed by atoms with Crippen LogP contribution in [-0.4, -0.2) is 29.4 Å². The molecule has 1 aliphatic heterocycles. The van der Waals surface area contributed by atoms with Gasteiger partial charge in [-0.2, -0.15) is 0 Å². The molecular formula is C13H24BrN. The van der Waals surface area contributed by atoms with Crippen molar-refractivity contribution in [1.29, 1.82) is 0 Å². The van der Waals surface area contributed by atoms with E-state index in [1.54, 1.807) is 0 Å². The van der Waals surface area contributed by atoms with E-state index < -0.39 is 0 Å². The minimum atomic E-state index is 0.456. The predicted octanol–water partition coefficient (Wildman–Crippen LogP) is 3.67. The van der Waals surface area contributed by atoms with Crippen molar-refractivity contribution in [2.75, 3.05) is 19.6 Å². The Balaban J connectivity index is 1.73. The van der Waals surface area contributed by atoms with Crippen LogP contribution in [0.2, 0.25) is 0 Å². The van der Waals surface area contributed by atoms with Gasteiger partial charge in [-0.1, -0.05) is 49.0 Å². The molecule has 0 radical (unpaired) electrons. The molecule has 1 atom stereocenters. The minimum absolute atomic E-state index is 0.456. The first-order chi connectivity index (χ1) is 7.08. The first-order valence-electron chi connectivity index (χ1n) is 6.44. The van der Waals surface area contributed by atoms with Crippen LogP contribution < -0.4 is 0 Å². The molecule has 1 saturated heterocycles. The second-order valence-corrected chi connectivity index (χ2v) is 7.21. The van der Waals surface area contributed by atoms with Crippen LogP contribution >= 0.6 is 15.9 Å². The average molecular weight is 274 g/mol. The molecule has 2 heteroatoms. The molecule has 2 aliphatic rings. The molecule has 1 saturated carbocycles. The quantitative estimate of drug-likeness (QED) is 0.710. The van der Waals surface area contributed by atoms with Gasteiger partial charge in [-0.25, -0.2) is 0 Å². The highest BCUT2D eigenvalue weighted by atomic mass is 79.9. The van der Waals surface area contributed by atoms with E-state index in [2.05, 4.69) is 34.7 Å². The van der Waals surface area contributed by atoms with Crippen molar-refractivity contribution in [3.8, 4) is 0 Å². The topological polar surface area (TPSA) is 3.24 Å². The van der Waals surface area contributed by atoms with E-state index in [1.165, 1.54) is 51.7 Å². The van der Waals surface area contributed by atoms with Gasteiger partial charge in [0.05, 0.1) is 0 Å². The van der Waals surface area contributed by atoms with E-state index in [1.807, 2.05) is 0 Å². The fraction of sp³-hybridized carbons (Fsp3) is 1.00. The molecule has 1 nitrogen and oxygen atoms in total. The molecule has 15 heavy (non-hydrogen) atoms. The summed E-state index contributed by atoms with van der Waals surface area (Å²) in [6.45, 7) is 8.69. The minimum Gasteiger partial charge on any atom is -0.303 e. The Morgan fingerprint density at radius 3 is 2.53 bits per heavy atom. The van der Waals surface area contributed by atoms with Crippen molar-refractivity contribution in [2.45, 2.75) is 50.8 Å². The summed E-state index contributed by atoms with van der Waals surface area (Å²) in [7, 11) is 0. The standard InChI is InChI=1S/C13H24BrN/c1-13(2)10-15(9-7-12(13)14)8-6-11-4-3-5-11/h11-12H,3-10H2,1-2H3. The zero-order valence-corrected chi connectivity index (χ0v) is 11.7. The number of hydrogen-bond acceptors (Lipinski definition) is 1. The lowest BCUT2D eigenvalue weighted by Crippen LogP contribution is -2.46. The van der Waals surface area contributed by atoms with Crippen molar-refractivity contribution in [3.63, 3.8) is 0 Å². The Morgan fingerprint density at radius 2 is 2.00 bits per heavy atom. The van der Waals surface area contributed by atoms with Crippen LogP contribution in [0.5, 0.6) is 0 Å². The Hall–Kier alpha value is 0.440. The third kappa shape index (κ3) is 2.97. The number of hydrogen-bond donors (Lipinski definition) is 0. The van der Waals surface area contributed by atoms with Gasteiger partial charge >= 0.3 is 0 Å². The lowest BCUT2D eigenvalue weighted by molar-refractivity contribution is 0.113. The third-order valence-electron chi connectivity index (χ3n) is 4.26. The molecule has 0 N–H and O–H groups in total. The maximum absolute atomic E-state index is 3.82. The smallest absolute Gasteiger partial charge is 0.0221 e. The van der Waals surface area contributed by atoms with Gasteiger partial charge in [0, 0.05) is 11.4 Å². The number of likely N-dealkylation sites (tertiary alicyclic amines) is 1. The summed E-state index contributed by atoms with van der Waals surface area (Å²) in [6.07, 6.45) is 7.25. The normalized spacial score (nSPS) is 32.6. The average Bonchev–Trinajstić information content (AvgIpc) is 2.08. The molecule has 1 aliphatic carbocycles. The van der Waals surface area contributed by atoms with Crippen LogP contribution in [0, 0.1) is 11.3 Å². The monoisotopic (exact) mass is 273 g/mol. The molecule has 1 heterocycles. The van der Waals surface area contributed by atoms with E-state index >= 15 is 0 Å². The van der Waals surface area contributed by atoms with Crippen LogP contribution in [0.3, 0.4) is 0 Å². The molecule has 1 unspecified atom stereocenters. The molecule has 0 aromatic heterocycles. The second-order valence-electron chi connectivity index (χ2n) is 6.11. The summed E-state index contributed by atoms with van der Waals surface area (Å²) < 4.78 is 0. The summed E-state index contributed by atoms with van der Waals surface area (Å²) in [5.74, 6) is 1.06. The molecule has 0 amide bonds. The molecule has 0 bridgehead atoms. The molecule has 0 aromatic rings. The Bertz CT molecular complexity index is 211. The molecule has 2 fully saturated rings. The number of halogens is 1. The van der Waals surface area contributed by atoms with E-state index in [-0.39, 0.29) is 0 Å². The molecule has 2 rings (SSSR count). The number of piperidine rings is 1. The van der Waals surface area contributed by atoms with E-state index in [9.17, 15) is 0 Å². The van der Waals surface area contributed by atoms with Crippen molar-refractivity contribution in [2.24, 2.45) is 11.3 Å². The SMILES string of the molecule is CC1(C)CN(CCC2CCC2)CCC1Br. The van der Waals surface area contributed by atoms with Crippen LogP contribution in [0.1, 0.15) is 46.0 Å². The third-order valence-corrected chi connectivity index (χ3v) is 5.95. The van der Waals surface area contributed by atoms with Crippen LogP contribution in [0.15, 0.2) is 0 Å². The van der Waals surface area contributed by atoms with Gasteiger partial charge in [0.15, 0.2) is 0 Å². The van der Waals surface area contributed by atoms with E-state index in [0.717, 1.165) is 5.92 Å². The highest BCUT2D eigenvalue weighted by molar-refractivity contribution is 9.09. The molecule has 88 valence electrons. The number of rotatable bonds is 3.